The maximum atomic E-state index is 13.7. The molecule has 7 nitrogen and oxygen atoms in total. The highest BCUT2D eigenvalue weighted by Gasteiger charge is 2.57. The average molecular weight is 542 g/mol. The molecule has 3 atom stereocenters. The molecule has 4 N–H and O–H groups in total. The van der Waals surface area contributed by atoms with Crippen LogP contribution in [-0.4, -0.2) is 40.4 Å². The minimum absolute atomic E-state index is 0.0888. The second kappa shape index (κ2) is 11.1. The molecular formula is C33H35NO6. The Morgan fingerprint density at radius 1 is 1.25 bits per heavy atom. The van der Waals surface area contributed by atoms with Crippen molar-refractivity contribution in [2.75, 3.05) is 7.11 Å². The van der Waals surface area contributed by atoms with E-state index in [1.54, 1.807) is 26.2 Å². The minimum Gasteiger partial charge on any atom is -0.511 e. The smallest absolute Gasteiger partial charge is 0.255 e. The van der Waals surface area contributed by atoms with Crippen LogP contribution in [0.3, 0.4) is 0 Å². The molecule has 1 amide bonds. The topological polar surface area (TPSA) is 127 Å². The summed E-state index contributed by atoms with van der Waals surface area (Å²) < 4.78 is 5.52. The van der Waals surface area contributed by atoms with Crippen molar-refractivity contribution in [3.8, 4) is 5.75 Å². The van der Waals surface area contributed by atoms with Crippen molar-refractivity contribution in [3.63, 3.8) is 0 Å². The average Bonchev–Trinajstić information content (AvgIpc) is 2.92. The van der Waals surface area contributed by atoms with Crippen LogP contribution >= 0.6 is 0 Å². The largest absolute Gasteiger partial charge is 0.511 e. The minimum atomic E-state index is -2.09. The number of aliphatic hydroxyl groups is 2. The SMILES string of the molecule is C=C\C=C/C(/C=C/c1ccc(CC)c(OC)c1)=C1/C[C@H]2C[C@H]3CC(O)=C(C(N)=O)C(=O)[C@@]3(O)C(C)=C2C(=O)C1=C. The molecule has 40 heavy (non-hydrogen) atoms. The number of aliphatic hydroxyl groups excluding tert-OH is 1. The van der Waals surface area contributed by atoms with E-state index in [2.05, 4.69) is 20.1 Å². The second-order valence-electron chi connectivity index (χ2n) is 10.5. The third-order valence-corrected chi connectivity index (χ3v) is 8.33. The van der Waals surface area contributed by atoms with Crippen molar-refractivity contribution in [1.29, 1.82) is 0 Å². The summed E-state index contributed by atoms with van der Waals surface area (Å²) in [6.45, 7) is 11.5. The molecule has 1 fully saturated rings. The van der Waals surface area contributed by atoms with E-state index in [4.69, 9.17) is 10.5 Å². The number of allylic oxidation sites excluding steroid dienone is 9. The van der Waals surface area contributed by atoms with E-state index >= 15 is 0 Å². The van der Waals surface area contributed by atoms with Crippen LogP contribution in [0.15, 0.2) is 94.9 Å². The highest BCUT2D eigenvalue weighted by Crippen LogP contribution is 2.52. The molecule has 1 aromatic carbocycles. The van der Waals surface area contributed by atoms with Gasteiger partial charge in [-0.15, -0.1) is 0 Å². The van der Waals surface area contributed by atoms with Crippen LogP contribution < -0.4 is 10.5 Å². The van der Waals surface area contributed by atoms with Crippen LogP contribution in [0.1, 0.15) is 44.2 Å². The lowest BCUT2D eigenvalue weighted by molar-refractivity contribution is -0.140. The van der Waals surface area contributed by atoms with Gasteiger partial charge >= 0.3 is 0 Å². The first-order valence-corrected chi connectivity index (χ1v) is 13.3. The Labute approximate surface area is 234 Å². The normalized spacial score (nSPS) is 26.4. The molecule has 1 aromatic rings. The molecule has 4 rings (SSSR count). The van der Waals surface area contributed by atoms with Gasteiger partial charge in [-0.3, -0.25) is 14.4 Å². The number of carbonyl (C=O) groups is 3. The Morgan fingerprint density at radius 3 is 2.60 bits per heavy atom. The second-order valence-corrected chi connectivity index (χ2v) is 10.5. The predicted molar refractivity (Wildman–Crippen MR) is 154 cm³/mol. The molecule has 0 heterocycles. The van der Waals surface area contributed by atoms with Crippen LogP contribution in [0.25, 0.3) is 6.08 Å². The number of rotatable bonds is 7. The van der Waals surface area contributed by atoms with E-state index in [9.17, 15) is 24.6 Å². The van der Waals surface area contributed by atoms with Crippen LogP contribution in [0, 0.1) is 11.8 Å². The van der Waals surface area contributed by atoms with Crippen LogP contribution in [0.4, 0.5) is 0 Å². The van der Waals surface area contributed by atoms with Crippen molar-refractivity contribution >= 4 is 23.5 Å². The zero-order chi connectivity index (χ0) is 29.4. The third kappa shape index (κ3) is 4.71. The fourth-order valence-electron chi connectivity index (χ4n) is 6.22. The van der Waals surface area contributed by atoms with Gasteiger partial charge in [0.15, 0.2) is 11.4 Å². The Kier molecular flexibility index (Phi) is 7.98. The Hall–Kier alpha value is -4.23. The lowest BCUT2D eigenvalue weighted by Gasteiger charge is -2.47. The van der Waals surface area contributed by atoms with Crippen molar-refractivity contribution in [2.45, 2.75) is 45.1 Å². The number of primary amides is 1. The first-order chi connectivity index (χ1) is 19.0. The number of benzene rings is 1. The van der Waals surface area contributed by atoms with Crippen molar-refractivity contribution < 1.29 is 29.3 Å². The summed E-state index contributed by atoms with van der Waals surface area (Å²) in [5.74, 6) is -3.05. The van der Waals surface area contributed by atoms with Crippen molar-refractivity contribution in [2.24, 2.45) is 17.6 Å². The fourth-order valence-corrected chi connectivity index (χ4v) is 6.22. The quantitative estimate of drug-likeness (QED) is 0.259. The van der Waals surface area contributed by atoms with Gasteiger partial charge in [0, 0.05) is 23.5 Å². The summed E-state index contributed by atoms with van der Waals surface area (Å²) in [6.07, 6.45) is 10.7. The Balaban J connectivity index is 1.78. The Morgan fingerprint density at radius 2 is 1.98 bits per heavy atom. The van der Waals surface area contributed by atoms with Gasteiger partial charge in [0.2, 0.25) is 5.78 Å². The maximum absolute atomic E-state index is 13.7. The fraction of sp³-hybridized carbons (Fsp3) is 0.303. The summed E-state index contributed by atoms with van der Waals surface area (Å²) in [5, 5.41) is 22.0. The Bertz CT molecular complexity index is 1480. The summed E-state index contributed by atoms with van der Waals surface area (Å²) >= 11 is 0. The van der Waals surface area contributed by atoms with Gasteiger partial charge in [0.1, 0.15) is 17.1 Å². The number of ketones is 2. The molecule has 1 saturated carbocycles. The number of Topliss-reactive ketones (excluding diaryl/α,β-unsaturated/α-hetero) is 2. The number of hydrogen-bond acceptors (Lipinski definition) is 6. The summed E-state index contributed by atoms with van der Waals surface area (Å²) in [7, 11) is 1.64. The standard InChI is InChI=1S/C33H35NO6/c1-6-8-9-22(13-11-20-10-12-21(7-2)27(14-20)40-5)25-16-23-15-24-17-26(35)29(32(34)38)31(37)33(24,39)19(4)28(23)30(36)18(25)3/h6,8-14,23-24,35,39H,1,3,7,15-17H2,2,4-5H3,(H2,34,38)/b9-8-,13-11+,25-22+/t23-,24+,33-/m1/s1. The molecule has 0 aliphatic heterocycles. The van der Waals surface area contributed by atoms with Crippen molar-refractivity contribution in [1.82, 2.24) is 0 Å². The molecular weight excluding hydrogens is 506 g/mol. The first kappa shape index (κ1) is 28.8. The lowest BCUT2D eigenvalue weighted by atomic mass is 9.57. The van der Waals surface area contributed by atoms with Gasteiger partial charge in [0.25, 0.3) is 5.91 Å². The number of amides is 1. The molecule has 0 spiro atoms. The molecule has 0 saturated heterocycles. The summed E-state index contributed by atoms with van der Waals surface area (Å²) in [6, 6.07) is 5.99. The molecule has 7 heteroatoms. The molecule has 0 radical (unpaired) electrons. The number of aryl methyl sites for hydroxylation is 1. The summed E-state index contributed by atoms with van der Waals surface area (Å²) in [5.41, 5.74) is 7.01. The van der Waals surface area contributed by atoms with Crippen LogP contribution in [-0.2, 0) is 20.8 Å². The highest BCUT2D eigenvalue weighted by molar-refractivity contribution is 6.24. The monoisotopic (exact) mass is 541 g/mol. The van der Waals surface area contributed by atoms with Gasteiger partial charge in [-0.05, 0) is 66.0 Å². The highest BCUT2D eigenvalue weighted by atomic mass is 16.5. The van der Waals surface area contributed by atoms with E-state index in [0.29, 0.717) is 12.0 Å². The lowest BCUT2D eigenvalue weighted by Crippen LogP contribution is -2.56. The molecule has 208 valence electrons. The van der Waals surface area contributed by atoms with Gasteiger partial charge in [-0.2, -0.15) is 0 Å². The molecule has 3 aliphatic rings. The first-order valence-electron chi connectivity index (χ1n) is 13.3. The van der Waals surface area contributed by atoms with Crippen molar-refractivity contribution in [3.05, 3.63) is 106 Å². The predicted octanol–water partition coefficient (Wildman–Crippen LogP) is 4.79. The molecule has 0 unspecified atom stereocenters. The number of nitrogens with two attached hydrogens (primary N) is 1. The van der Waals surface area contributed by atoms with Gasteiger partial charge < -0.3 is 20.7 Å². The number of fused-ring (bicyclic) bond motifs is 2. The van der Waals surface area contributed by atoms with E-state index in [1.165, 1.54) is 0 Å². The van der Waals surface area contributed by atoms with E-state index in [-0.39, 0.29) is 35.7 Å². The number of ether oxygens (including phenoxy) is 1. The molecule has 3 aliphatic carbocycles. The van der Waals surface area contributed by atoms with E-state index < -0.39 is 34.5 Å². The molecule has 0 bridgehead atoms. The zero-order valence-electron chi connectivity index (χ0n) is 23.1. The van der Waals surface area contributed by atoms with E-state index in [0.717, 1.165) is 34.4 Å². The zero-order valence-corrected chi connectivity index (χ0v) is 23.1. The van der Waals surface area contributed by atoms with E-state index in [1.807, 2.05) is 36.4 Å². The third-order valence-electron chi connectivity index (χ3n) is 8.33. The molecule has 0 aromatic heterocycles. The van der Waals surface area contributed by atoms with Crippen LogP contribution in [0.2, 0.25) is 0 Å². The summed E-state index contributed by atoms with van der Waals surface area (Å²) in [4.78, 5) is 38.8. The number of hydrogen-bond donors (Lipinski definition) is 3. The van der Waals surface area contributed by atoms with Gasteiger partial charge in [0.05, 0.1) is 7.11 Å². The number of carbonyl (C=O) groups excluding carboxylic acids is 3. The van der Waals surface area contributed by atoms with Gasteiger partial charge in [-0.25, -0.2) is 0 Å². The number of methoxy groups -OCH3 is 1. The maximum Gasteiger partial charge on any atom is 0.255 e. The van der Waals surface area contributed by atoms with Gasteiger partial charge in [-0.1, -0.05) is 62.6 Å². The van der Waals surface area contributed by atoms with Crippen LogP contribution in [0.5, 0.6) is 5.75 Å².